The Hall–Kier alpha value is -0.740. The average molecular weight is 278 g/mol. The molecule has 0 aliphatic heterocycles. The number of hydrogen-bond donors (Lipinski definition) is 1. The molecule has 0 aromatic heterocycles. The third kappa shape index (κ3) is 2.36. The van der Waals surface area contributed by atoms with E-state index < -0.39 is 11.7 Å². The van der Waals surface area contributed by atoms with Gasteiger partial charge in [0.15, 0.2) is 0 Å². The van der Waals surface area contributed by atoms with Crippen molar-refractivity contribution in [2.45, 2.75) is 37.3 Å². The van der Waals surface area contributed by atoms with Crippen LogP contribution in [0.25, 0.3) is 0 Å². The largest absolute Gasteiger partial charge is 0.417 e. The highest BCUT2D eigenvalue weighted by Gasteiger charge is 2.37. The van der Waals surface area contributed by atoms with Crippen LogP contribution < -0.4 is 5.73 Å². The summed E-state index contributed by atoms with van der Waals surface area (Å²) in [5.41, 5.74) is 5.68. The van der Waals surface area contributed by atoms with Crippen molar-refractivity contribution in [3.63, 3.8) is 0 Å². The number of rotatable bonds is 2. The highest BCUT2D eigenvalue weighted by atomic mass is 35.5. The molecule has 0 atom stereocenters. The topological polar surface area (TPSA) is 26.0 Å². The van der Waals surface area contributed by atoms with Gasteiger partial charge >= 0.3 is 6.18 Å². The summed E-state index contributed by atoms with van der Waals surface area (Å²) in [4.78, 5) is 0. The minimum Gasteiger partial charge on any atom is -0.330 e. The molecule has 0 unspecified atom stereocenters. The van der Waals surface area contributed by atoms with Crippen molar-refractivity contribution in [2.24, 2.45) is 5.73 Å². The van der Waals surface area contributed by atoms with E-state index in [1.807, 2.05) is 0 Å². The molecule has 18 heavy (non-hydrogen) atoms. The first-order valence-corrected chi connectivity index (χ1v) is 6.34. The van der Waals surface area contributed by atoms with E-state index in [1.54, 1.807) is 0 Å². The second-order valence-electron chi connectivity index (χ2n) is 4.88. The lowest BCUT2D eigenvalue weighted by atomic mass is 9.79. The number of hydrogen-bond acceptors (Lipinski definition) is 1. The fourth-order valence-electron chi connectivity index (χ4n) is 2.74. The molecule has 0 heterocycles. The molecule has 1 aliphatic carbocycles. The summed E-state index contributed by atoms with van der Waals surface area (Å²) in [6.45, 7) is 0.453. The van der Waals surface area contributed by atoms with E-state index in [9.17, 15) is 13.2 Å². The van der Waals surface area contributed by atoms with Gasteiger partial charge in [0, 0.05) is 12.0 Å². The van der Waals surface area contributed by atoms with E-state index in [2.05, 4.69) is 0 Å². The molecule has 0 amide bonds. The van der Waals surface area contributed by atoms with Crippen LogP contribution in [-0.4, -0.2) is 6.54 Å². The lowest BCUT2D eigenvalue weighted by Gasteiger charge is -2.28. The van der Waals surface area contributed by atoms with Gasteiger partial charge in [-0.25, -0.2) is 0 Å². The van der Waals surface area contributed by atoms with E-state index in [1.165, 1.54) is 12.1 Å². The van der Waals surface area contributed by atoms with E-state index in [0.717, 1.165) is 37.3 Å². The molecule has 0 saturated heterocycles. The smallest absolute Gasteiger partial charge is 0.330 e. The predicted molar refractivity (Wildman–Crippen MR) is 65.7 cm³/mol. The van der Waals surface area contributed by atoms with Gasteiger partial charge in [-0.15, -0.1) is 0 Å². The first-order chi connectivity index (χ1) is 8.39. The Balaban J connectivity index is 2.40. The van der Waals surface area contributed by atoms with Crippen molar-refractivity contribution in [1.29, 1.82) is 0 Å². The standard InChI is InChI=1S/C13H15ClF3N/c14-11-7-9(3-4-10(11)13(15,16)17)12(8-18)5-1-2-6-12/h3-4,7H,1-2,5-6,8,18H2. The van der Waals surface area contributed by atoms with Crippen LogP contribution in [0.2, 0.25) is 5.02 Å². The summed E-state index contributed by atoms with van der Waals surface area (Å²) in [6.07, 6.45) is -0.427. The first-order valence-electron chi connectivity index (χ1n) is 5.96. The van der Waals surface area contributed by atoms with Gasteiger partial charge < -0.3 is 5.73 Å². The number of benzene rings is 1. The summed E-state index contributed by atoms with van der Waals surface area (Å²) >= 11 is 5.75. The Bertz CT molecular complexity index is 436. The lowest BCUT2D eigenvalue weighted by molar-refractivity contribution is -0.137. The van der Waals surface area contributed by atoms with Crippen LogP contribution >= 0.6 is 11.6 Å². The number of nitrogens with two attached hydrogens (primary N) is 1. The molecule has 1 saturated carbocycles. The molecule has 1 aliphatic rings. The molecule has 1 fully saturated rings. The Morgan fingerprint density at radius 3 is 2.28 bits per heavy atom. The monoisotopic (exact) mass is 277 g/mol. The van der Waals surface area contributed by atoms with Crippen molar-refractivity contribution in [3.05, 3.63) is 34.3 Å². The maximum absolute atomic E-state index is 12.6. The van der Waals surface area contributed by atoms with Gasteiger partial charge in [0.05, 0.1) is 10.6 Å². The zero-order valence-electron chi connectivity index (χ0n) is 9.86. The molecular weight excluding hydrogens is 263 g/mol. The van der Waals surface area contributed by atoms with E-state index in [-0.39, 0.29) is 10.4 Å². The molecule has 0 spiro atoms. The molecule has 5 heteroatoms. The SMILES string of the molecule is NCC1(c2ccc(C(F)(F)F)c(Cl)c2)CCCC1. The molecule has 0 bridgehead atoms. The molecule has 1 nitrogen and oxygen atoms in total. The third-order valence-electron chi connectivity index (χ3n) is 3.84. The van der Waals surface area contributed by atoms with E-state index in [4.69, 9.17) is 17.3 Å². The molecule has 1 aromatic carbocycles. The van der Waals surface area contributed by atoms with Crippen molar-refractivity contribution < 1.29 is 13.2 Å². The van der Waals surface area contributed by atoms with Gasteiger partial charge in [0.25, 0.3) is 0 Å². The van der Waals surface area contributed by atoms with Gasteiger partial charge in [-0.05, 0) is 30.5 Å². The molecule has 100 valence electrons. The van der Waals surface area contributed by atoms with Gasteiger partial charge in [-0.1, -0.05) is 30.5 Å². The average Bonchev–Trinajstić information content (AvgIpc) is 2.76. The van der Waals surface area contributed by atoms with Gasteiger partial charge in [-0.2, -0.15) is 13.2 Å². The first kappa shape index (κ1) is 13.7. The predicted octanol–water partition coefficient (Wildman–Crippen LogP) is 4.13. The van der Waals surface area contributed by atoms with Crippen molar-refractivity contribution >= 4 is 11.6 Å². The summed E-state index contributed by atoms with van der Waals surface area (Å²) < 4.78 is 37.9. The normalized spacial score (nSPS) is 19.2. The number of halogens is 4. The molecule has 0 radical (unpaired) electrons. The van der Waals surface area contributed by atoms with Gasteiger partial charge in [0.2, 0.25) is 0 Å². The van der Waals surface area contributed by atoms with Crippen molar-refractivity contribution in [3.8, 4) is 0 Å². The Morgan fingerprint density at radius 2 is 1.83 bits per heavy atom. The van der Waals surface area contributed by atoms with Crippen LogP contribution in [0.4, 0.5) is 13.2 Å². The summed E-state index contributed by atoms with van der Waals surface area (Å²) in [7, 11) is 0. The molecular formula is C13H15ClF3N. The fourth-order valence-corrected chi connectivity index (χ4v) is 3.02. The van der Waals surface area contributed by atoms with Gasteiger partial charge in [0.1, 0.15) is 0 Å². The molecule has 2 N–H and O–H groups in total. The maximum atomic E-state index is 12.6. The number of alkyl halides is 3. The fraction of sp³-hybridized carbons (Fsp3) is 0.538. The summed E-state index contributed by atoms with van der Waals surface area (Å²) in [6, 6.07) is 4.02. The van der Waals surface area contributed by atoms with Crippen LogP contribution in [0.3, 0.4) is 0 Å². The second-order valence-corrected chi connectivity index (χ2v) is 5.29. The zero-order chi connectivity index (χ0) is 13.4. The van der Waals surface area contributed by atoms with E-state index in [0.29, 0.717) is 6.54 Å². The maximum Gasteiger partial charge on any atom is 0.417 e. The van der Waals surface area contributed by atoms with Crippen LogP contribution in [0.5, 0.6) is 0 Å². The van der Waals surface area contributed by atoms with Gasteiger partial charge in [-0.3, -0.25) is 0 Å². The highest BCUT2D eigenvalue weighted by molar-refractivity contribution is 6.31. The van der Waals surface area contributed by atoms with Crippen molar-refractivity contribution in [1.82, 2.24) is 0 Å². The van der Waals surface area contributed by atoms with Crippen LogP contribution in [0.1, 0.15) is 36.8 Å². The Morgan fingerprint density at radius 1 is 1.22 bits per heavy atom. The lowest BCUT2D eigenvalue weighted by Crippen LogP contribution is -2.32. The summed E-state index contributed by atoms with van der Waals surface area (Å²) in [5, 5.41) is -0.236. The van der Waals surface area contributed by atoms with Crippen LogP contribution in [-0.2, 0) is 11.6 Å². The zero-order valence-corrected chi connectivity index (χ0v) is 10.6. The minimum absolute atomic E-state index is 0.187. The third-order valence-corrected chi connectivity index (χ3v) is 4.15. The highest BCUT2D eigenvalue weighted by Crippen LogP contribution is 2.43. The quantitative estimate of drug-likeness (QED) is 0.864. The Kier molecular flexibility index (Phi) is 3.60. The van der Waals surface area contributed by atoms with E-state index >= 15 is 0 Å². The van der Waals surface area contributed by atoms with Crippen LogP contribution in [0.15, 0.2) is 18.2 Å². The minimum atomic E-state index is -4.40. The molecule has 2 rings (SSSR count). The van der Waals surface area contributed by atoms with Crippen LogP contribution in [0, 0.1) is 0 Å². The Labute approximate surface area is 109 Å². The van der Waals surface area contributed by atoms with Crippen molar-refractivity contribution in [2.75, 3.05) is 6.54 Å². The summed E-state index contributed by atoms with van der Waals surface area (Å²) in [5.74, 6) is 0. The second kappa shape index (κ2) is 4.74. The molecule has 1 aromatic rings.